The fraction of sp³-hybridized carbons (Fsp3) is 0.526. The number of esters is 1. The Hall–Kier alpha value is -2.37. The molecule has 6 nitrogen and oxygen atoms in total. The van der Waals surface area contributed by atoms with Crippen LogP contribution in [-0.4, -0.2) is 35.8 Å². The largest absolute Gasteiger partial charge is 0.465 e. The van der Waals surface area contributed by atoms with Gasteiger partial charge in [-0.15, -0.1) is 0 Å². The van der Waals surface area contributed by atoms with E-state index in [0.717, 1.165) is 24.1 Å². The first kappa shape index (κ1) is 19.0. The zero-order valence-corrected chi connectivity index (χ0v) is 14.9. The van der Waals surface area contributed by atoms with Gasteiger partial charge >= 0.3 is 5.97 Å². The van der Waals surface area contributed by atoms with Crippen molar-refractivity contribution in [3.63, 3.8) is 0 Å². The highest BCUT2D eigenvalue weighted by atomic mass is 16.5. The van der Waals surface area contributed by atoms with Gasteiger partial charge in [-0.05, 0) is 30.9 Å². The van der Waals surface area contributed by atoms with Crippen molar-refractivity contribution in [2.75, 3.05) is 13.2 Å². The number of rotatable bonds is 8. The van der Waals surface area contributed by atoms with Gasteiger partial charge in [0.1, 0.15) is 5.92 Å². The lowest BCUT2D eigenvalue weighted by molar-refractivity contribution is -0.152. The van der Waals surface area contributed by atoms with E-state index >= 15 is 0 Å². The highest BCUT2D eigenvalue weighted by molar-refractivity contribution is 5.97. The van der Waals surface area contributed by atoms with E-state index < -0.39 is 11.9 Å². The minimum atomic E-state index is -0.773. The van der Waals surface area contributed by atoms with Crippen molar-refractivity contribution in [3.05, 3.63) is 35.4 Å². The number of hydrogen-bond donors (Lipinski definition) is 1. The lowest BCUT2D eigenvalue weighted by Crippen LogP contribution is -2.35. The summed E-state index contributed by atoms with van der Waals surface area (Å²) in [5.74, 6) is -1.38. The molecule has 2 amide bonds. The molecule has 136 valence electrons. The smallest absolute Gasteiger partial charge is 0.318 e. The second kappa shape index (κ2) is 9.20. The lowest BCUT2D eigenvalue weighted by atomic mass is 10.1. The van der Waals surface area contributed by atoms with Crippen molar-refractivity contribution in [3.8, 4) is 0 Å². The Morgan fingerprint density at radius 3 is 2.68 bits per heavy atom. The number of nitrogens with zero attached hydrogens (tertiary/aromatic N) is 1. The van der Waals surface area contributed by atoms with E-state index in [4.69, 9.17) is 4.74 Å². The lowest BCUT2D eigenvalue weighted by Gasteiger charge is -2.17. The molecule has 0 saturated carbocycles. The molecule has 1 atom stereocenters. The predicted molar refractivity (Wildman–Crippen MR) is 93.4 cm³/mol. The Morgan fingerprint density at radius 2 is 2.04 bits per heavy atom. The highest BCUT2D eigenvalue weighted by Crippen LogP contribution is 2.15. The summed E-state index contributed by atoms with van der Waals surface area (Å²) in [5, 5.41) is 2.80. The van der Waals surface area contributed by atoms with Gasteiger partial charge in [0.15, 0.2) is 0 Å². The maximum absolute atomic E-state index is 12.2. The van der Waals surface area contributed by atoms with Gasteiger partial charge in [0, 0.05) is 26.1 Å². The van der Waals surface area contributed by atoms with Gasteiger partial charge in [-0.3, -0.25) is 14.4 Å². The van der Waals surface area contributed by atoms with Crippen molar-refractivity contribution in [1.82, 2.24) is 10.2 Å². The SMILES string of the molecule is CCOC(=O)C(CC)C(=O)NCc1cccc(CN2CCCC2=O)c1. The molecule has 0 bridgehead atoms. The number of carbonyl (C=O) groups is 3. The summed E-state index contributed by atoms with van der Waals surface area (Å²) in [6.45, 7) is 5.52. The van der Waals surface area contributed by atoms with Crippen molar-refractivity contribution in [2.24, 2.45) is 5.92 Å². The molecule has 25 heavy (non-hydrogen) atoms. The fourth-order valence-electron chi connectivity index (χ4n) is 2.94. The van der Waals surface area contributed by atoms with Gasteiger partial charge in [0.25, 0.3) is 0 Å². The Bertz CT molecular complexity index is 630. The quantitative estimate of drug-likeness (QED) is 0.577. The van der Waals surface area contributed by atoms with Crippen molar-refractivity contribution < 1.29 is 19.1 Å². The van der Waals surface area contributed by atoms with Gasteiger partial charge in [-0.1, -0.05) is 31.2 Å². The van der Waals surface area contributed by atoms with Gasteiger partial charge in [0.05, 0.1) is 6.61 Å². The molecule has 1 saturated heterocycles. The minimum Gasteiger partial charge on any atom is -0.465 e. The summed E-state index contributed by atoms with van der Waals surface area (Å²) in [4.78, 5) is 37.6. The zero-order valence-electron chi connectivity index (χ0n) is 14.9. The third kappa shape index (κ3) is 5.31. The summed E-state index contributed by atoms with van der Waals surface area (Å²) >= 11 is 0. The van der Waals surface area contributed by atoms with Gasteiger partial charge < -0.3 is 15.0 Å². The van der Waals surface area contributed by atoms with Crippen molar-refractivity contribution in [1.29, 1.82) is 0 Å². The van der Waals surface area contributed by atoms with E-state index in [-0.39, 0.29) is 18.4 Å². The first-order chi connectivity index (χ1) is 12.0. The number of nitrogens with one attached hydrogen (secondary N) is 1. The van der Waals surface area contributed by atoms with E-state index in [1.54, 1.807) is 13.8 Å². The zero-order chi connectivity index (χ0) is 18.2. The van der Waals surface area contributed by atoms with Crippen LogP contribution in [-0.2, 0) is 32.2 Å². The number of amides is 2. The Kier molecular flexibility index (Phi) is 6.98. The van der Waals surface area contributed by atoms with E-state index in [9.17, 15) is 14.4 Å². The molecule has 1 heterocycles. The number of likely N-dealkylation sites (tertiary alicyclic amines) is 1. The second-order valence-electron chi connectivity index (χ2n) is 6.17. The number of ether oxygens (including phenoxy) is 1. The summed E-state index contributed by atoms with van der Waals surface area (Å²) in [6, 6.07) is 7.79. The molecule has 0 spiro atoms. The van der Waals surface area contributed by atoms with Crippen LogP contribution in [0.25, 0.3) is 0 Å². The average molecular weight is 346 g/mol. The molecule has 0 aromatic heterocycles. The van der Waals surface area contributed by atoms with Crippen LogP contribution in [0.1, 0.15) is 44.2 Å². The van der Waals surface area contributed by atoms with Gasteiger partial charge in [0.2, 0.25) is 11.8 Å². The topological polar surface area (TPSA) is 75.7 Å². The molecular formula is C19H26N2O4. The number of carbonyl (C=O) groups excluding carboxylic acids is 3. The van der Waals surface area contributed by atoms with Crippen LogP contribution in [0.15, 0.2) is 24.3 Å². The van der Waals surface area contributed by atoms with E-state index in [1.165, 1.54) is 0 Å². The molecule has 1 aromatic carbocycles. The molecule has 1 N–H and O–H groups in total. The second-order valence-corrected chi connectivity index (χ2v) is 6.17. The van der Waals surface area contributed by atoms with Crippen LogP contribution in [0.2, 0.25) is 0 Å². The Balaban J connectivity index is 1.91. The van der Waals surface area contributed by atoms with E-state index in [1.807, 2.05) is 29.2 Å². The average Bonchev–Trinajstić information content (AvgIpc) is 2.99. The first-order valence-electron chi connectivity index (χ1n) is 8.85. The molecule has 1 aromatic rings. The molecule has 1 unspecified atom stereocenters. The normalized spacial score (nSPS) is 15.1. The third-order valence-corrected chi connectivity index (χ3v) is 4.30. The predicted octanol–water partition coefficient (Wildman–Crippen LogP) is 2.01. The summed E-state index contributed by atoms with van der Waals surface area (Å²) in [7, 11) is 0. The standard InChI is InChI=1S/C19H26N2O4/c1-3-16(19(24)25-4-2)18(23)20-12-14-7-5-8-15(11-14)13-21-10-6-9-17(21)22/h5,7-8,11,16H,3-4,6,9-10,12-13H2,1-2H3,(H,20,23). The summed E-state index contributed by atoms with van der Waals surface area (Å²) < 4.78 is 4.93. The van der Waals surface area contributed by atoms with Crippen LogP contribution in [0, 0.1) is 5.92 Å². The third-order valence-electron chi connectivity index (χ3n) is 4.30. The maximum atomic E-state index is 12.2. The van der Waals surface area contributed by atoms with Crippen LogP contribution in [0.3, 0.4) is 0 Å². The van der Waals surface area contributed by atoms with Crippen molar-refractivity contribution >= 4 is 17.8 Å². The molecule has 1 aliphatic heterocycles. The Morgan fingerprint density at radius 1 is 1.28 bits per heavy atom. The number of hydrogen-bond acceptors (Lipinski definition) is 4. The monoisotopic (exact) mass is 346 g/mol. The first-order valence-corrected chi connectivity index (χ1v) is 8.85. The molecule has 2 rings (SSSR count). The molecule has 1 aliphatic rings. The van der Waals surface area contributed by atoms with Crippen LogP contribution >= 0.6 is 0 Å². The Labute approximate surface area is 148 Å². The fourth-order valence-corrected chi connectivity index (χ4v) is 2.94. The van der Waals surface area contributed by atoms with Gasteiger partial charge in [-0.25, -0.2) is 0 Å². The number of benzene rings is 1. The molecular weight excluding hydrogens is 320 g/mol. The summed E-state index contributed by atoms with van der Waals surface area (Å²) in [6.07, 6.45) is 1.95. The van der Waals surface area contributed by atoms with Crippen LogP contribution in [0.4, 0.5) is 0 Å². The van der Waals surface area contributed by atoms with Crippen LogP contribution < -0.4 is 5.32 Å². The maximum Gasteiger partial charge on any atom is 0.318 e. The summed E-state index contributed by atoms with van der Waals surface area (Å²) in [5.41, 5.74) is 1.98. The van der Waals surface area contributed by atoms with E-state index in [0.29, 0.717) is 25.9 Å². The van der Waals surface area contributed by atoms with Crippen molar-refractivity contribution in [2.45, 2.75) is 46.2 Å². The van der Waals surface area contributed by atoms with Crippen LogP contribution in [0.5, 0.6) is 0 Å². The molecule has 0 radical (unpaired) electrons. The highest BCUT2D eigenvalue weighted by Gasteiger charge is 2.25. The molecule has 0 aliphatic carbocycles. The molecule has 1 fully saturated rings. The minimum absolute atomic E-state index is 0.193. The van der Waals surface area contributed by atoms with Gasteiger partial charge in [-0.2, -0.15) is 0 Å². The van der Waals surface area contributed by atoms with E-state index in [2.05, 4.69) is 5.32 Å². The molecule has 6 heteroatoms.